The molecule has 2 saturated heterocycles. The zero-order valence-corrected chi connectivity index (χ0v) is 11.2. The van der Waals surface area contributed by atoms with Gasteiger partial charge in [-0.05, 0) is 24.1 Å². The predicted molar refractivity (Wildman–Crippen MR) is 69.5 cm³/mol. The maximum atomic E-state index is 11.5. The highest BCUT2D eigenvalue weighted by Crippen LogP contribution is 2.41. The lowest BCUT2D eigenvalue weighted by molar-refractivity contribution is -0.0693. The third-order valence-corrected chi connectivity index (χ3v) is 3.99. The molecule has 20 heavy (non-hydrogen) atoms. The molecule has 108 valence electrons. The van der Waals surface area contributed by atoms with E-state index in [-0.39, 0.29) is 18.3 Å². The summed E-state index contributed by atoms with van der Waals surface area (Å²) in [4.78, 5) is 11.5. The third-order valence-electron chi connectivity index (χ3n) is 3.99. The summed E-state index contributed by atoms with van der Waals surface area (Å²) in [6.07, 6.45) is 0.266. The van der Waals surface area contributed by atoms with Gasteiger partial charge < -0.3 is 25.1 Å². The standard InChI is InChI=1S/C14H17NO5/c1-18-10-3-2-8(6-9(10)13(15)16)14(17)7-20-11-4-5-19-12(11)14/h2-3,6,11-12,17H,4-5,7H2,1H3,(H2,15,16)/t11-,12+,14+/m1/s1. The quantitative estimate of drug-likeness (QED) is 0.823. The van der Waals surface area contributed by atoms with Gasteiger partial charge in [-0.25, -0.2) is 0 Å². The van der Waals surface area contributed by atoms with Crippen LogP contribution in [-0.4, -0.2) is 43.5 Å². The Morgan fingerprint density at radius 3 is 3.00 bits per heavy atom. The Bertz CT molecular complexity index is 546. The average molecular weight is 279 g/mol. The lowest BCUT2D eigenvalue weighted by Gasteiger charge is -2.27. The highest BCUT2D eigenvalue weighted by molar-refractivity contribution is 5.95. The number of benzene rings is 1. The molecule has 0 radical (unpaired) electrons. The fourth-order valence-electron chi connectivity index (χ4n) is 2.92. The van der Waals surface area contributed by atoms with E-state index in [4.69, 9.17) is 19.9 Å². The zero-order chi connectivity index (χ0) is 14.3. The summed E-state index contributed by atoms with van der Waals surface area (Å²) in [5, 5.41) is 10.9. The molecule has 0 unspecified atom stereocenters. The molecule has 2 heterocycles. The average Bonchev–Trinajstić information content (AvgIpc) is 3.03. The Morgan fingerprint density at radius 2 is 2.30 bits per heavy atom. The largest absolute Gasteiger partial charge is 0.496 e. The van der Waals surface area contributed by atoms with Crippen molar-refractivity contribution in [1.29, 1.82) is 0 Å². The number of amides is 1. The molecule has 0 aromatic heterocycles. The van der Waals surface area contributed by atoms with Crippen molar-refractivity contribution >= 4 is 5.91 Å². The van der Waals surface area contributed by atoms with Crippen LogP contribution in [0.25, 0.3) is 0 Å². The SMILES string of the molecule is COc1ccc([C@@]2(O)CO[C@@H]3CCO[C@@H]32)cc1C(N)=O. The smallest absolute Gasteiger partial charge is 0.252 e. The molecule has 3 N–H and O–H groups in total. The van der Waals surface area contributed by atoms with Crippen LogP contribution < -0.4 is 10.5 Å². The van der Waals surface area contributed by atoms with Crippen molar-refractivity contribution < 1.29 is 24.1 Å². The van der Waals surface area contributed by atoms with E-state index in [2.05, 4.69) is 0 Å². The molecule has 0 spiro atoms. The van der Waals surface area contributed by atoms with Gasteiger partial charge in [-0.1, -0.05) is 6.07 Å². The van der Waals surface area contributed by atoms with E-state index in [9.17, 15) is 9.90 Å². The summed E-state index contributed by atoms with van der Waals surface area (Å²) in [5.74, 6) is -0.220. The number of ether oxygens (including phenoxy) is 3. The van der Waals surface area contributed by atoms with E-state index in [0.29, 0.717) is 17.9 Å². The summed E-state index contributed by atoms with van der Waals surface area (Å²) in [5.41, 5.74) is 4.89. The van der Waals surface area contributed by atoms with Crippen LogP contribution in [-0.2, 0) is 15.1 Å². The second-order valence-electron chi connectivity index (χ2n) is 5.13. The lowest BCUT2D eigenvalue weighted by Crippen LogP contribution is -2.40. The topological polar surface area (TPSA) is 91.0 Å². The van der Waals surface area contributed by atoms with Crippen LogP contribution in [0.1, 0.15) is 22.3 Å². The molecule has 2 fully saturated rings. The van der Waals surface area contributed by atoms with Crippen molar-refractivity contribution in [2.24, 2.45) is 5.73 Å². The molecule has 3 atom stereocenters. The molecule has 0 saturated carbocycles. The van der Waals surface area contributed by atoms with Crippen molar-refractivity contribution in [3.8, 4) is 5.75 Å². The number of hydrogen-bond donors (Lipinski definition) is 2. The van der Waals surface area contributed by atoms with Gasteiger partial charge >= 0.3 is 0 Å². The maximum Gasteiger partial charge on any atom is 0.252 e. The van der Waals surface area contributed by atoms with E-state index >= 15 is 0 Å². The van der Waals surface area contributed by atoms with Crippen LogP contribution in [0.2, 0.25) is 0 Å². The molecule has 2 aliphatic heterocycles. The molecular formula is C14H17NO5. The normalized spacial score (nSPS) is 32.1. The fourth-order valence-corrected chi connectivity index (χ4v) is 2.92. The molecule has 1 aromatic carbocycles. The Morgan fingerprint density at radius 1 is 1.50 bits per heavy atom. The van der Waals surface area contributed by atoms with Crippen LogP contribution in [0.3, 0.4) is 0 Å². The molecule has 0 aliphatic carbocycles. The second kappa shape index (κ2) is 4.73. The number of aliphatic hydroxyl groups is 1. The zero-order valence-electron chi connectivity index (χ0n) is 11.2. The Balaban J connectivity index is 2.02. The first kappa shape index (κ1) is 13.4. The molecular weight excluding hydrogens is 262 g/mol. The van der Waals surface area contributed by atoms with Gasteiger partial charge in [0.2, 0.25) is 0 Å². The van der Waals surface area contributed by atoms with Crippen molar-refractivity contribution in [2.45, 2.75) is 24.2 Å². The van der Waals surface area contributed by atoms with Crippen molar-refractivity contribution in [3.63, 3.8) is 0 Å². The van der Waals surface area contributed by atoms with Gasteiger partial charge in [0, 0.05) is 6.61 Å². The second-order valence-corrected chi connectivity index (χ2v) is 5.13. The van der Waals surface area contributed by atoms with Crippen LogP contribution >= 0.6 is 0 Å². The van der Waals surface area contributed by atoms with Crippen molar-refractivity contribution in [1.82, 2.24) is 0 Å². The molecule has 1 aromatic rings. The molecule has 2 aliphatic rings. The summed E-state index contributed by atoms with van der Waals surface area (Å²) in [6.45, 7) is 0.712. The van der Waals surface area contributed by atoms with Gasteiger partial charge in [0.25, 0.3) is 5.91 Å². The Labute approximate surface area is 116 Å². The number of fused-ring (bicyclic) bond motifs is 1. The number of primary amides is 1. The van der Waals surface area contributed by atoms with E-state index in [1.165, 1.54) is 7.11 Å². The number of rotatable bonds is 3. The number of carbonyl (C=O) groups is 1. The highest BCUT2D eigenvalue weighted by atomic mass is 16.6. The fraction of sp³-hybridized carbons (Fsp3) is 0.500. The van der Waals surface area contributed by atoms with E-state index < -0.39 is 17.6 Å². The minimum atomic E-state index is -1.25. The van der Waals surface area contributed by atoms with Crippen LogP contribution in [0.5, 0.6) is 5.75 Å². The number of carbonyl (C=O) groups excluding carboxylic acids is 1. The summed E-state index contributed by atoms with van der Waals surface area (Å²) in [6, 6.07) is 4.88. The molecule has 1 amide bonds. The van der Waals surface area contributed by atoms with Crippen LogP contribution in [0.4, 0.5) is 0 Å². The van der Waals surface area contributed by atoms with Gasteiger partial charge in [0.15, 0.2) is 0 Å². The summed E-state index contributed by atoms with van der Waals surface area (Å²) >= 11 is 0. The van der Waals surface area contributed by atoms with Gasteiger partial charge in [0.05, 0.1) is 25.4 Å². The third kappa shape index (κ3) is 1.88. The first-order chi connectivity index (χ1) is 9.56. The monoisotopic (exact) mass is 279 g/mol. The Hall–Kier alpha value is -1.63. The van der Waals surface area contributed by atoms with Crippen molar-refractivity contribution in [2.75, 3.05) is 20.3 Å². The number of methoxy groups -OCH3 is 1. The molecule has 3 rings (SSSR count). The minimum absolute atomic E-state index is 0.0980. The Kier molecular flexibility index (Phi) is 3.16. The van der Waals surface area contributed by atoms with Gasteiger partial charge in [-0.2, -0.15) is 0 Å². The van der Waals surface area contributed by atoms with E-state index in [1.807, 2.05) is 0 Å². The van der Waals surface area contributed by atoms with Gasteiger partial charge in [-0.3, -0.25) is 4.79 Å². The highest BCUT2D eigenvalue weighted by Gasteiger charge is 2.53. The van der Waals surface area contributed by atoms with Gasteiger partial charge in [-0.15, -0.1) is 0 Å². The first-order valence-electron chi connectivity index (χ1n) is 6.50. The molecule has 0 bridgehead atoms. The van der Waals surface area contributed by atoms with E-state index in [1.54, 1.807) is 18.2 Å². The number of nitrogens with two attached hydrogens (primary N) is 1. The first-order valence-corrected chi connectivity index (χ1v) is 6.50. The van der Waals surface area contributed by atoms with Crippen molar-refractivity contribution in [3.05, 3.63) is 29.3 Å². The summed E-state index contributed by atoms with van der Waals surface area (Å²) in [7, 11) is 1.46. The molecule has 6 nitrogen and oxygen atoms in total. The number of hydrogen-bond acceptors (Lipinski definition) is 5. The minimum Gasteiger partial charge on any atom is -0.496 e. The summed E-state index contributed by atoms with van der Waals surface area (Å²) < 4.78 is 16.3. The van der Waals surface area contributed by atoms with Crippen LogP contribution in [0.15, 0.2) is 18.2 Å². The molecule has 6 heteroatoms. The lowest BCUT2D eigenvalue weighted by atomic mass is 9.87. The van der Waals surface area contributed by atoms with Crippen LogP contribution in [0, 0.1) is 0 Å². The maximum absolute atomic E-state index is 11.5. The van der Waals surface area contributed by atoms with Gasteiger partial charge in [0.1, 0.15) is 17.5 Å². The predicted octanol–water partition coefficient (Wildman–Crippen LogP) is 0.169. The van der Waals surface area contributed by atoms with E-state index in [0.717, 1.165) is 6.42 Å².